The van der Waals surface area contributed by atoms with Crippen LogP contribution in [0.5, 0.6) is 0 Å². The first-order valence-corrected chi connectivity index (χ1v) is 29.7. The molecule has 0 aliphatic heterocycles. The van der Waals surface area contributed by atoms with Gasteiger partial charge in [0.05, 0.1) is 6.61 Å². The number of ether oxygens (including phenoxy) is 2. The molecule has 0 rings (SSSR count). The van der Waals surface area contributed by atoms with E-state index in [1.54, 1.807) is 0 Å². The van der Waals surface area contributed by atoms with Crippen molar-refractivity contribution in [1.29, 1.82) is 0 Å². The van der Waals surface area contributed by atoms with Gasteiger partial charge in [-0.3, -0.25) is 9.59 Å². The maximum atomic E-state index is 12.3. The second-order valence-electron chi connectivity index (χ2n) is 20.4. The molecule has 5 heteroatoms. The monoisotopic (exact) mass is 917 g/mol. The Hall–Kier alpha value is -1.36. The predicted molar refractivity (Wildman–Crippen MR) is 284 cm³/mol. The molecule has 0 spiro atoms. The molecule has 0 fully saturated rings. The molecule has 65 heavy (non-hydrogen) atoms. The van der Waals surface area contributed by atoms with Gasteiger partial charge in [0.25, 0.3) is 0 Å². The van der Waals surface area contributed by atoms with Crippen molar-refractivity contribution < 1.29 is 24.2 Å². The molecule has 0 bridgehead atoms. The molecule has 0 saturated carbocycles. The van der Waals surface area contributed by atoms with Crippen molar-refractivity contribution in [2.75, 3.05) is 13.2 Å². The molecule has 1 unspecified atom stereocenters. The van der Waals surface area contributed by atoms with Crippen molar-refractivity contribution >= 4 is 11.9 Å². The van der Waals surface area contributed by atoms with E-state index in [0.29, 0.717) is 12.8 Å². The van der Waals surface area contributed by atoms with Gasteiger partial charge >= 0.3 is 11.9 Å². The molecule has 1 atom stereocenters. The Bertz CT molecular complexity index is 948. The lowest BCUT2D eigenvalue weighted by molar-refractivity contribution is -0.161. The van der Waals surface area contributed by atoms with Crippen LogP contribution >= 0.6 is 0 Å². The summed E-state index contributed by atoms with van der Waals surface area (Å²) >= 11 is 0. The zero-order valence-electron chi connectivity index (χ0n) is 44.3. The summed E-state index contributed by atoms with van der Waals surface area (Å²) < 4.78 is 10.7. The molecule has 0 aliphatic rings. The summed E-state index contributed by atoms with van der Waals surface area (Å²) in [5, 5.41) is 9.66. The highest BCUT2D eigenvalue weighted by Gasteiger charge is 2.16. The molecule has 0 radical (unpaired) electrons. The van der Waals surface area contributed by atoms with E-state index in [1.807, 2.05) is 0 Å². The van der Waals surface area contributed by atoms with Gasteiger partial charge in [0.2, 0.25) is 0 Å². The summed E-state index contributed by atoms with van der Waals surface area (Å²) in [6.45, 7) is 4.20. The van der Waals surface area contributed by atoms with Gasteiger partial charge in [-0.2, -0.15) is 0 Å². The average Bonchev–Trinajstić information content (AvgIpc) is 3.31. The Kier molecular flexibility index (Phi) is 55.8. The zero-order valence-corrected chi connectivity index (χ0v) is 44.3. The molecule has 5 nitrogen and oxygen atoms in total. The summed E-state index contributed by atoms with van der Waals surface area (Å²) in [5.41, 5.74) is 0. The molecule has 0 aliphatic carbocycles. The Morgan fingerprint density at radius 2 is 0.569 bits per heavy atom. The molecule has 0 aromatic rings. The third-order valence-corrected chi connectivity index (χ3v) is 13.8. The van der Waals surface area contributed by atoms with Gasteiger partial charge < -0.3 is 14.6 Å². The van der Waals surface area contributed by atoms with Crippen LogP contribution in [0.4, 0.5) is 0 Å². The standard InChI is InChI=1S/C60H116O5/c1-3-5-7-9-11-13-15-17-19-21-23-25-26-27-28-29-30-31-32-33-34-35-37-39-41-43-45-47-49-51-53-55-60(63)65-58(56-61)57-64-59(62)54-52-50-48-46-44-42-40-38-36-24-22-20-18-16-14-12-10-8-6-4-2/h21,23,58,61H,3-20,22,24-57H2,1-2H3/b23-21-. The lowest BCUT2D eigenvalue weighted by atomic mass is 10.0. The summed E-state index contributed by atoms with van der Waals surface area (Å²) in [7, 11) is 0. The minimum atomic E-state index is -0.766. The fraction of sp³-hybridized carbons (Fsp3) is 0.933. The van der Waals surface area contributed by atoms with Crippen LogP contribution in [0.25, 0.3) is 0 Å². The number of unbranched alkanes of at least 4 members (excludes halogenated alkanes) is 46. The van der Waals surface area contributed by atoms with Gasteiger partial charge in [-0.05, 0) is 38.5 Å². The molecule has 0 aromatic carbocycles. The van der Waals surface area contributed by atoms with E-state index >= 15 is 0 Å². The van der Waals surface area contributed by atoms with Crippen LogP contribution < -0.4 is 0 Å². The van der Waals surface area contributed by atoms with Crippen LogP contribution in [0.2, 0.25) is 0 Å². The van der Waals surface area contributed by atoms with Gasteiger partial charge in [0.15, 0.2) is 6.10 Å². The number of allylic oxidation sites excluding steroid dienone is 2. The first kappa shape index (κ1) is 63.6. The van der Waals surface area contributed by atoms with Crippen molar-refractivity contribution in [3.8, 4) is 0 Å². The van der Waals surface area contributed by atoms with Crippen LogP contribution in [0.15, 0.2) is 12.2 Å². The maximum Gasteiger partial charge on any atom is 0.306 e. The number of hydrogen-bond acceptors (Lipinski definition) is 5. The Morgan fingerprint density at radius 1 is 0.338 bits per heavy atom. The second kappa shape index (κ2) is 57.0. The van der Waals surface area contributed by atoms with E-state index in [4.69, 9.17) is 9.47 Å². The maximum absolute atomic E-state index is 12.3. The van der Waals surface area contributed by atoms with Crippen LogP contribution in [0.1, 0.15) is 341 Å². The normalized spacial score (nSPS) is 12.1. The average molecular weight is 918 g/mol. The fourth-order valence-corrected chi connectivity index (χ4v) is 9.32. The van der Waals surface area contributed by atoms with Crippen molar-refractivity contribution in [2.24, 2.45) is 0 Å². The number of carbonyl (C=O) groups is 2. The summed E-state index contributed by atoms with van der Waals surface area (Å²) in [5.74, 6) is -0.565. The van der Waals surface area contributed by atoms with E-state index in [-0.39, 0.29) is 25.2 Å². The van der Waals surface area contributed by atoms with Crippen molar-refractivity contribution in [2.45, 2.75) is 347 Å². The number of aliphatic hydroxyl groups excluding tert-OH is 1. The largest absolute Gasteiger partial charge is 0.462 e. The molecule has 1 N–H and O–H groups in total. The molecule has 0 saturated heterocycles. The van der Waals surface area contributed by atoms with Crippen LogP contribution in [-0.4, -0.2) is 36.4 Å². The van der Waals surface area contributed by atoms with E-state index in [0.717, 1.165) is 32.1 Å². The predicted octanol–water partition coefficient (Wildman–Crippen LogP) is 19.9. The number of hydrogen-bond donors (Lipinski definition) is 1. The van der Waals surface area contributed by atoms with Gasteiger partial charge in [0.1, 0.15) is 6.61 Å². The molecular weight excluding hydrogens is 801 g/mol. The fourth-order valence-electron chi connectivity index (χ4n) is 9.32. The highest BCUT2D eigenvalue weighted by Crippen LogP contribution is 2.18. The highest BCUT2D eigenvalue weighted by atomic mass is 16.6. The number of carbonyl (C=O) groups excluding carboxylic acids is 2. The SMILES string of the molecule is CCCCCCCCCC/C=C\CCCCCCCCCCCCCCCCCCCCCC(=O)OC(CO)COC(=O)CCCCCCCCCCCCCCCCCCCCCC. The van der Waals surface area contributed by atoms with Crippen LogP contribution in [0, 0.1) is 0 Å². The highest BCUT2D eigenvalue weighted by molar-refractivity contribution is 5.70. The number of aliphatic hydroxyl groups is 1. The summed E-state index contributed by atoms with van der Waals surface area (Å²) in [4.78, 5) is 24.5. The zero-order chi connectivity index (χ0) is 47.0. The van der Waals surface area contributed by atoms with Gasteiger partial charge in [-0.1, -0.05) is 302 Å². The lowest BCUT2D eigenvalue weighted by Gasteiger charge is -2.15. The smallest absolute Gasteiger partial charge is 0.306 e. The summed E-state index contributed by atoms with van der Waals surface area (Å²) in [6, 6.07) is 0. The minimum absolute atomic E-state index is 0.0571. The molecule has 0 aromatic heterocycles. The first-order valence-electron chi connectivity index (χ1n) is 29.7. The number of rotatable bonds is 56. The van der Waals surface area contributed by atoms with Crippen LogP contribution in [0.3, 0.4) is 0 Å². The third kappa shape index (κ3) is 55.1. The van der Waals surface area contributed by atoms with E-state index in [9.17, 15) is 14.7 Å². The molecule has 0 amide bonds. The quantitative estimate of drug-likeness (QED) is 0.0374. The molecular formula is C60H116O5. The second-order valence-corrected chi connectivity index (χ2v) is 20.4. The van der Waals surface area contributed by atoms with E-state index in [1.165, 1.54) is 283 Å². The first-order chi connectivity index (χ1) is 32.1. The third-order valence-electron chi connectivity index (χ3n) is 13.8. The van der Waals surface area contributed by atoms with Gasteiger partial charge in [0, 0.05) is 12.8 Å². The van der Waals surface area contributed by atoms with Crippen LogP contribution in [-0.2, 0) is 19.1 Å². The Morgan fingerprint density at radius 3 is 0.831 bits per heavy atom. The lowest BCUT2D eigenvalue weighted by Crippen LogP contribution is -2.28. The minimum Gasteiger partial charge on any atom is -0.462 e. The van der Waals surface area contributed by atoms with Gasteiger partial charge in [-0.15, -0.1) is 0 Å². The topological polar surface area (TPSA) is 72.8 Å². The van der Waals surface area contributed by atoms with Crippen molar-refractivity contribution in [3.63, 3.8) is 0 Å². The number of esters is 2. The van der Waals surface area contributed by atoms with E-state index in [2.05, 4.69) is 26.0 Å². The van der Waals surface area contributed by atoms with E-state index < -0.39 is 6.10 Å². The molecule has 0 heterocycles. The van der Waals surface area contributed by atoms with Crippen molar-refractivity contribution in [3.05, 3.63) is 12.2 Å². The molecule has 386 valence electrons. The summed E-state index contributed by atoms with van der Waals surface area (Å²) in [6.07, 6.45) is 70.6. The Balaban J connectivity index is 3.39. The van der Waals surface area contributed by atoms with Gasteiger partial charge in [-0.25, -0.2) is 0 Å². The Labute approximate surface area is 407 Å². The van der Waals surface area contributed by atoms with Crippen molar-refractivity contribution in [1.82, 2.24) is 0 Å².